The number of hydrogen-bond donors (Lipinski definition) is 2. The maximum atomic E-state index is 11.0. The fourth-order valence-corrected chi connectivity index (χ4v) is 1.57. The zero-order valence-electron chi connectivity index (χ0n) is 8.79. The molecule has 14 heavy (non-hydrogen) atoms. The minimum absolute atomic E-state index is 0.0572. The topological polar surface area (TPSA) is 55.1 Å². The highest BCUT2D eigenvalue weighted by atomic mass is 16.1. The van der Waals surface area contributed by atoms with E-state index in [4.69, 9.17) is 5.73 Å². The second kappa shape index (κ2) is 3.70. The van der Waals surface area contributed by atoms with Crippen molar-refractivity contribution in [1.29, 1.82) is 0 Å². The normalized spacial score (nSPS) is 11.1. The number of para-hydroxylation sites is 1. The summed E-state index contributed by atoms with van der Waals surface area (Å²) in [6.45, 7) is 5.36. The van der Waals surface area contributed by atoms with Crippen LogP contribution in [-0.4, -0.2) is 5.91 Å². The molecule has 0 fully saturated rings. The highest BCUT2D eigenvalue weighted by Gasteiger charge is 2.22. The Bertz CT molecular complexity index is 345. The number of hydrogen-bond acceptors (Lipinski definition) is 2. The molecule has 0 bridgehead atoms. The van der Waals surface area contributed by atoms with Gasteiger partial charge in [-0.3, -0.25) is 4.79 Å². The molecular weight excluding hydrogens is 176 g/mol. The molecule has 76 valence electrons. The molecule has 0 atom stereocenters. The molecule has 3 heteroatoms. The number of nitrogen functional groups attached to an aromatic ring is 1. The first-order chi connectivity index (χ1) is 6.43. The van der Waals surface area contributed by atoms with Crippen molar-refractivity contribution in [2.24, 2.45) is 0 Å². The van der Waals surface area contributed by atoms with Gasteiger partial charge in [0, 0.05) is 12.6 Å². The summed E-state index contributed by atoms with van der Waals surface area (Å²) in [4.78, 5) is 11.0. The first-order valence-electron chi connectivity index (χ1n) is 4.57. The Labute approximate surface area is 84.3 Å². The van der Waals surface area contributed by atoms with E-state index in [1.165, 1.54) is 6.92 Å². The fourth-order valence-electron chi connectivity index (χ4n) is 1.57. The van der Waals surface area contributed by atoms with Crippen molar-refractivity contribution in [2.75, 3.05) is 5.73 Å². The lowest BCUT2D eigenvalue weighted by molar-refractivity contribution is -0.120. The van der Waals surface area contributed by atoms with Crippen molar-refractivity contribution in [3.8, 4) is 0 Å². The van der Waals surface area contributed by atoms with E-state index < -0.39 is 5.54 Å². The molecule has 0 unspecified atom stereocenters. The Kier molecular flexibility index (Phi) is 2.79. The van der Waals surface area contributed by atoms with E-state index in [9.17, 15) is 4.79 Å². The van der Waals surface area contributed by atoms with Crippen LogP contribution in [0.25, 0.3) is 0 Å². The smallest absolute Gasteiger partial charge is 0.217 e. The predicted molar refractivity (Wildman–Crippen MR) is 57.7 cm³/mol. The van der Waals surface area contributed by atoms with E-state index in [0.29, 0.717) is 5.69 Å². The average Bonchev–Trinajstić information content (AvgIpc) is 2.02. The number of carbonyl (C=O) groups excluding carboxylic acids is 1. The minimum Gasteiger partial charge on any atom is -0.398 e. The monoisotopic (exact) mass is 192 g/mol. The van der Waals surface area contributed by atoms with Gasteiger partial charge in [0.05, 0.1) is 5.54 Å². The van der Waals surface area contributed by atoms with Gasteiger partial charge < -0.3 is 11.1 Å². The third-order valence-electron chi connectivity index (χ3n) is 2.12. The Morgan fingerprint density at radius 1 is 1.36 bits per heavy atom. The maximum absolute atomic E-state index is 11.0. The molecule has 1 rings (SSSR count). The zero-order valence-corrected chi connectivity index (χ0v) is 8.79. The van der Waals surface area contributed by atoms with Gasteiger partial charge >= 0.3 is 0 Å². The summed E-state index contributed by atoms with van der Waals surface area (Å²) in [5.41, 5.74) is 7.05. The van der Waals surface area contributed by atoms with Crippen LogP contribution >= 0.6 is 0 Å². The Morgan fingerprint density at radius 2 is 1.93 bits per heavy atom. The molecule has 0 aliphatic carbocycles. The third-order valence-corrected chi connectivity index (χ3v) is 2.12. The van der Waals surface area contributed by atoms with Crippen LogP contribution in [0.15, 0.2) is 24.3 Å². The fraction of sp³-hybridized carbons (Fsp3) is 0.364. The van der Waals surface area contributed by atoms with Crippen LogP contribution < -0.4 is 11.1 Å². The largest absolute Gasteiger partial charge is 0.398 e. The summed E-state index contributed by atoms with van der Waals surface area (Å²) < 4.78 is 0. The number of nitrogens with two attached hydrogens (primary N) is 1. The number of rotatable bonds is 2. The van der Waals surface area contributed by atoms with Crippen LogP contribution in [0.3, 0.4) is 0 Å². The molecule has 3 N–H and O–H groups in total. The van der Waals surface area contributed by atoms with E-state index >= 15 is 0 Å². The summed E-state index contributed by atoms with van der Waals surface area (Å²) in [6, 6.07) is 7.54. The lowest BCUT2D eigenvalue weighted by Crippen LogP contribution is -2.40. The summed E-state index contributed by atoms with van der Waals surface area (Å²) in [5, 5.41) is 2.86. The number of carbonyl (C=O) groups is 1. The Hall–Kier alpha value is -1.51. The van der Waals surface area contributed by atoms with Gasteiger partial charge in [-0.2, -0.15) is 0 Å². The van der Waals surface area contributed by atoms with Gasteiger partial charge in [-0.1, -0.05) is 18.2 Å². The van der Waals surface area contributed by atoms with Crippen molar-refractivity contribution in [3.63, 3.8) is 0 Å². The molecule has 0 saturated heterocycles. The van der Waals surface area contributed by atoms with Gasteiger partial charge in [0.15, 0.2) is 0 Å². The predicted octanol–water partition coefficient (Wildman–Crippen LogP) is 1.64. The van der Waals surface area contributed by atoms with Crippen LogP contribution in [0, 0.1) is 0 Å². The lowest BCUT2D eigenvalue weighted by atomic mass is 9.93. The summed E-state index contributed by atoms with van der Waals surface area (Å²) in [7, 11) is 0. The molecule has 0 heterocycles. The molecule has 1 aromatic rings. The van der Waals surface area contributed by atoms with E-state index in [0.717, 1.165) is 5.56 Å². The summed E-state index contributed by atoms with van der Waals surface area (Å²) >= 11 is 0. The van der Waals surface area contributed by atoms with E-state index in [1.807, 2.05) is 38.1 Å². The van der Waals surface area contributed by atoms with Crippen LogP contribution in [-0.2, 0) is 10.3 Å². The molecule has 0 spiro atoms. The minimum atomic E-state index is -0.419. The highest BCUT2D eigenvalue weighted by Crippen LogP contribution is 2.25. The second-order valence-corrected chi connectivity index (χ2v) is 3.89. The molecule has 1 aromatic carbocycles. The van der Waals surface area contributed by atoms with Crippen molar-refractivity contribution in [2.45, 2.75) is 26.3 Å². The van der Waals surface area contributed by atoms with Crippen molar-refractivity contribution in [1.82, 2.24) is 5.32 Å². The molecular formula is C11H16N2O. The Balaban J connectivity index is 3.03. The van der Waals surface area contributed by atoms with Crippen LogP contribution in [0.1, 0.15) is 26.3 Å². The van der Waals surface area contributed by atoms with Gasteiger partial charge in [-0.25, -0.2) is 0 Å². The standard InChI is InChI=1S/C11H16N2O/c1-8(14)13-11(2,3)9-6-4-5-7-10(9)12/h4-7H,12H2,1-3H3,(H,13,14). The summed E-state index contributed by atoms with van der Waals surface area (Å²) in [6.07, 6.45) is 0. The first kappa shape index (κ1) is 10.6. The molecule has 0 radical (unpaired) electrons. The first-order valence-corrected chi connectivity index (χ1v) is 4.57. The van der Waals surface area contributed by atoms with E-state index in [2.05, 4.69) is 5.32 Å². The lowest BCUT2D eigenvalue weighted by Gasteiger charge is -2.27. The quantitative estimate of drug-likeness (QED) is 0.700. The second-order valence-electron chi connectivity index (χ2n) is 3.89. The molecule has 0 aromatic heterocycles. The van der Waals surface area contributed by atoms with E-state index in [1.54, 1.807) is 0 Å². The van der Waals surface area contributed by atoms with Crippen LogP contribution in [0.4, 0.5) is 5.69 Å². The van der Waals surface area contributed by atoms with Crippen LogP contribution in [0.5, 0.6) is 0 Å². The highest BCUT2D eigenvalue weighted by molar-refractivity contribution is 5.74. The molecule has 0 saturated carbocycles. The zero-order chi connectivity index (χ0) is 10.8. The average molecular weight is 192 g/mol. The van der Waals surface area contributed by atoms with E-state index in [-0.39, 0.29) is 5.91 Å². The van der Waals surface area contributed by atoms with Gasteiger partial charge in [-0.15, -0.1) is 0 Å². The molecule has 1 amide bonds. The van der Waals surface area contributed by atoms with Crippen LogP contribution in [0.2, 0.25) is 0 Å². The molecule has 0 aliphatic rings. The van der Waals surface area contributed by atoms with Gasteiger partial charge in [0.25, 0.3) is 0 Å². The number of benzene rings is 1. The third kappa shape index (κ3) is 2.25. The number of anilines is 1. The van der Waals surface area contributed by atoms with Gasteiger partial charge in [0.2, 0.25) is 5.91 Å². The molecule has 3 nitrogen and oxygen atoms in total. The van der Waals surface area contributed by atoms with Crippen molar-refractivity contribution in [3.05, 3.63) is 29.8 Å². The molecule has 0 aliphatic heterocycles. The van der Waals surface area contributed by atoms with Crippen molar-refractivity contribution >= 4 is 11.6 Å². The SMILES string of the molecule is CC(=O)NC(C)(C)c1ccccc1N. The maximum Gasteiger partial charge on any atom is 0.217 e. The number of amides is 1. The van der Waals surface area contributed by atoms with Gasteiger partial charge in [0.1, 0.15) is 0 Å². The van der Waals surface area contributed by atoms with Gasteiger partial charge in [-0.05, 0) is 25.5 Å². The number of nitrogens with one attached hydrogen (secondary N) is 1. The Morgan fingerprint density at radius 3 is 2.43 bits per heavy atom. The van der Waals surface area contributed by atoms with Crippen molar-refractivity contribution < 1.29 is 4.79 Å². The summed E-state index contributed by atoms with van der Waals surface area (Å²) in [5.74, 6) is -0.0572.